The van der Waals surface area contributed by atoms with Crippen LogP contribution >= 0.6 is 0 Å². The molecule has 0 radical (unpaired) electrons. The number of carbonyl (C=O) groups excluding carboxylic acids is 1. The maximum Gasteiger partial charge on any atom is 0.330 e. The molecule has 1 aromatic rings. The smallest absolute Gasteiger partial charge is 0.330 e. The predicted octanol–water partition coefficient (Wildman–Crippen LogP) is 1.44. The summed E-state index contributed by atoms with van der Waals surface area (Å²) in [5, 5.41) is 12.2. The molecule has 0 spiro atoms. The fourth-order valence-corrected chi connectivity index (χ4v) is 2.42. The molecule has 1 aromatic carbocycles. The molecule has 1 atom stereocenters. The van der Waals surface area contributed by atoms with Crippen LogP contribution < -0.4 is 5.32 Å². The molecule has 4 nitrogen and oxygen atoms in total. The van der Waals surface area contributed by atoms with Crippen LogP contribution in [-0.2, 0) is 16.0 Å². The van der Waals surface area contributed by atoms with Crippen molar-refractivity contribution in [1.29, 1.82) is 0 Å². The number of methoxy groups -OCH3 is 1. The van der Waals surface area contributed by atoms with Crippen LogP contribution in [0, 0.1) is 0 Å². The Labute approximate surface area is 113 Å². The zero-order chi connectivity index (χ0) is 13.7. The van der Waals surface area contributed by atoms with Gasteiger partial charge in [0.15, 0.2) is 0 Å². The van der Waals surface area contributed by atoms with Gasteiger partial charge in [-0.3, -0.25) is 0 Å². The molecule has 0 saturated carbocycles. The Balaban J connectivity index is 2.09. The SMILES string of the molecule is COC(=O)C=Cc1ccc2c(c1)CCC2NCCO. The normalized spacial score (nSPS) is 17.7. The third-order valence-electron chi connectivity index (χ3n) is 3.36. The van der Waals surface area contributed by atoms with Gasteiger partial charge in [0.1, 0.15) is 0 Å². The molecule has 2 rings (SSSR count). The molecule has 1 unspecified atom stereocenters. The summed E-state index contributed by atoms with van der Waals surface area (Å²) in [6, 6.07) is 6.53. The molecule has 0 saturated heterocycles. The van der Waals surface area contributed by atoms with E-state index in [0.29, 0.717) is 12.6 Å². The molecule has 0 fully saturated rings. The van der Waals surface area contributed by atoms with Gasteiger partial charge in [0, 0.05) is 18.7 Å². The summed E-state index contributed by atoms with van der Waals surface area (Å²) in [5.41, 5.74) is 3.61. The van der Waals surface area contributed by atoms with Gasteiger partial charge in [0.05, 0.1) is 13.7 Å². The van der Waals surface area contributed by atoms with Crippen molar-refractivity contribution in [3.8, 4) is 0 Å². The number of carbonyl (C=O) groups is 1. The second-order valence-electron chi connectivity index (χ2n) is 4.58. The number of benzene rings is 1. The number of aliphatic hydroxyl groups is 1. The number of rotatable bonds is 5. The summed E-state index contributed by atoms with van der Waals surface area (Å²) in [6.07, 6.45) is 5.27. The van der Waals surface area contributed by atoms with E-state index < -0.39 is 0 Å². The highest BCUT2D eigenvalue weighted by Gasteiger charge is 2.21. The molecule has 19 heavy (non-hydrogen) atoms. The molecule has 1 aliphatic rings. The highest BCUT2D eigenvalue weighted by molar-refractivity contribution is 5.86. The molecule has 0 bridgehead atoms. The summed E-state index contributed by atoms with van der Waals surface area (Å²) in [7, 11) is 1.37. The standard InChI is InChI=1S/C15H19NO3/c1-19-15(18)7-3-11-2-5-13-12(10-11)4-6-14(13)16-8-9-17/h2-3,5,7,10,14,16-17H,4,6,8-9H2,1H3. The lowest BCUT2D eigenvalue weighted by Crippen LogP contribution is -2.22. The lowest BCUT2D eigenvalue weighted by molar-refractivity contribution is -0.134. The van der Waals surface area contributed by atoms with Crippen LogP contribution in [0.2, 0.25) is 0 Å². The highest BCUT2D eigenvalue weighted by Crippen LogP contribution is 2.31. The summed E-state index contributed by atoms with van der Waals surface area (Å²) >= 11 is 0. The van der Waals surface area contributed by atoms with E-state index >= 15 is 0 Å². The lowest BCUT2D eigenvalue weighted by Gasteiger charge is -2.13. The number of aryl methyl sites for hydroxylation is 1. The van der Waals surface area contributed by atoms with E-state index in [1.54, 1.807) is 6.08 Å². The van der Waals surface area contributed by atoms with Crippen LogP contribution in [0.4, 0.5) is 0 Å². The molecular weight excluding hydrogens is 242 g/mol. The van der Waals surface area contributed by atoms with Crippen LogP contribution in [-0.4, -0.2) is 31.3 Å². The Bertz CT molecular complexity index is 482. The Morgan fingerprint density at radius 1 is 1.58 bits per heavy atom. The Hall–Kier alpha value is -1.65. The van der Waals surface area contributed by atoms with Crippen LogP contribution in [0.3, 0.4) is 0 Å². The maximum atomic E-state index is 11.0. The number of nitrogens with one attached hydrogen (secondary N) is 1. The highest BCUT2D eigenvalue weighted by atomic mass is 16.5. The molecule has 0 heterocycles. The minimum Gasteiger partial charge on any atom is -0.466 e. The van der Waals surface area contributed by atoms with Gasteiger partial charge >= 0.3 is 5.97 Å². The predicted molar refractivity (Wildman–Crippen MR) is 73.6 cm³/mol. The van der Waals surface area contributed by atoms with E-state index in [1.165, 1.54) is 24.3 Å². The van der Waals surface area contributed by atoms with Crippen molar-refractivity contribution in [3.05, 3.63) is 41.0 Å². The third-order valence-corrected chi connectivity index (χ3v) is 3.36. The summed E-state index contributed by atoms with van der Waals surface area (Å²) < 4.78 is 4.57. The van der Waals surface area contributed by atoms with Crippen molar-refractivity contribution < 1.29 is 14.6 Å². The summed E-state index contributed by atoms with van der Waals surface area (Å²) in [5.74, 6) is -0.344. The van der Waals surface area contributed by atoms with E-state index in [0.717, 1.165) is 18.4 Å². The monoisotopic (exact) mass is 261 g/mol. The molecule has 4 heteroatoms. The third kappa shape index (κ3) is 3.43. The molecular formula is C15H19NO3. The Morgan fingerprint density at radius 3 is 3.16 bits per heavy atom. The van der Waals surface area contributed by atoms with E-state index in [-0.39, 0.29) is 12.6 Å². The van der Waals surface area contributed by atoms with Crippen molar-refractivity contribution in [3.63, 3.8) is 0 Å². The van der Waals surface area contributed by atoms with Gasteiger partial charge in [-0.05, 0) is 35.6 Å². The van der Waals surface area contributed by atoms with E-state index in [2.05, 4.69) is 22.2 Å². The number of esters is 1. The zero-order valence-corrected chi connectivity index (χ0v) is 11.1. The number of fused-ring (bicyclic) bond motifs is 1. The minimum absolute atomic E-state index is 0.159. The fraction of sp³-hybridized carbons (Fsp3) is 0.400. The molecule has 0 amide bonds. The Kier molecular flexibility index (Phi) is 4.71. The van der Waals surface area contributed by atoms with Crippen LogP contribution in [0.5, 0.6) is 0 Å². The quantitative estimate of drug-likeness (QED) is 0.622. The summed E-state index contributed by atoms with van der Waals surface area (Å²) in [6.45, 7) is 0.778. The molecule has 0 aliphatic heterocycles. The maximum absolute atomic E-state index is 11.0. The van der Waals surface area contributed by atoms with E-state index in [9.17, 15) is 4.79 Å². The van der Waals surface area contributed by atoms with E-state index in [4.69, 9.17) is 5.11 Å². The van der Waals surface area contributed by atoms with E-state index in [1.807, 2.05) is 6.07 Å². The second kappa shape index (κ2) is 6.50. The molecule has 0 aromatic heterocycles. The first kappa shape index (κ1) is 13.8. The van der Waals surface area contributed by atoms with Crippen LogP contribution in [0.25, 0.3) is 6.08 Å². The van der Waals surface area contributed by atoms with Gasteiger partial charge < -0.3 is 15.2 Å². The molecule has 1 aliphatic carbocycles. The topological polar surface area (TPSA) is 58.6 Å². The number of hydrogen-bond acceptors (Lipinski definition) is 4. The number of aliphatic hydroxyl groups excluding tert-OH is 1. The van der Waals surface area contributed by atoms with Crippen molar-refractivity contribution in [2.45, 2.75) is 18.9 Å². The van der Waals surface area contributed by atoms with Crippen molar-refractivity contribution in [1.82, 2.24) is 5.32 Å². The van der Waals surface area contributed by atoms with Gasteiger partial charge in [-0.1, -0.05) is 18.2 Å². The zero-order valence-electron chi connectivity index (χ0n) is 11.1. The fourth-order valence-electron chi connectivity index (χ4n) is 2.42. The van der Waals surface area contributed by atoms with Gasteiger partial charge in [-0.2, -0.15) is 0 Å². The van der Waals surface area contributed by atoms with Gasteiger partial charge in [-0.15, -0.1) is 0 Å². The van der Waals surface area contributed by atoms with Crippen LogP contribution in [0.1, 0.15) is 29.2 Å². The summed E-state index contributed by atoms with van der Waals surface area (Å²) in [4.78, 5) is 11.0. The van der Waals surface area contributed by atoms with Crippen LogP contribution in [0.15, 0.2) is 24.3 Å². The second-order valence-corrected chi connectivity index (χ2v) is 4.58. The largest absolute Gasteiger partial charge is 0.466 e. The molecule has 102 valence electrons. The first-order valence-electron chi connectivity index (χ1n) is 6.47. The molecule has 2 N–H and O–H groups in total. The van der Waals surface area contributed by atoms with Gasteiger partial charge in [0.25, 0.3) is 0 Å². The average Bonchev–Trinajstić information content (AvgIpc) is 2.84. The van der Waals surface area contributed by atoms with Gasteiger partial charge in [-0.25, -0.2) is 4.79 Å². The first-order chi connectivity index (χ1) is 9.24. The average molecular weight is 261 g/mol. The lowest BCUT2D eigenvalue weighted by atomic mass is 10.0. The van der Waals surface area contributed by atoms with Crippen molar-refractivity contribution in [2.75, 3.05) is 20.3 Å². The van der Waals surface area contributed by atoms with Gasteiger partial charge in [0.2, 0.25) is 0 Å². The number of ether oxygens (including phenoxy) is 1. The van der Waals surface area contributed by atoms with Crippen molar-refractivity contribution >= 4 is 12.0 Å². The van der Waals surface area contributed by atoms with Crippen molar-refractivity contribution in [2.24, 2.45) is 0 Å². The number of hydrogen-bond donors (Lipinski definition) is 2. The first-order valence-corrected chi connectivity index (χ1v) is 6.47. The Morgan fingerprint density at radius 2 is 2.42 bits per heavy atom. The minimum atomic E-state index is -0.344.